The van der Waals surface area contributed by atoms with E-state index in [0.29, 0.717) is 17.3 Å². The van der Waals surface area contributed by atoms with Crippen LogP contribution in [0.15, 0.2) is 24.3 Å². The highest BCUT2D eigenvalue weighted by molar-refractivity contribution is 5.58. The number of anilines is 1. The number of alkyl halides is 3. The van der Waals surface area contributed by atoms with Crippen LogP contribution in [0.25, 0.3) is 11.4 Å². The van der Waals surface area contributed by atoms with Gasteiger partial charge in [-0.25, -0.2) is 0 Å². The first-order chi connectivity index (χ1) is 8.90. The lowest BCUT2D eigenvalue weighted by atomic mass is 10.2. The summed E-state index contributed by atoms with van der Waals surface area (Å²) in [6, 6.07) is 5.45. The molecule has 102 valence electrons. The van der Waals surface area contributed by atoms with Gasteiger partial charge in [0.2, 0.25) is 5.95 Å². The average molecular weight is 272 g/mol. The zero-order chi connectivity index (χ0) is 14.0. The minimum Gasteiger partial charge on any atom is -0.406 e. The van der Waals surface area contributed by atoms with Gasteiger partial charge in [0.15, 0.2) is 5.82 Å². The summed E-state index contributed by atoms with van der Waals surface area (Å²) < 4.78 is 41.6. The molecule has 0 fully saturated rings. The van der Waals surface area contributed by atoms with Gasteiger partial charge in [0.25, 0.3) is 0 Å². The van der Waals surface area contributed by atoms with Gasteiger partial charge in [0.1, 0.15) is 5.75 Å². The maximum atomic E-state index is 12.0. The van der Waals surface area contributed by atoms with E-state index in [1.807, 2.05) is 0 Å². The van der Waals surface area contributed by atoms with Crippen LogP contribution in [0.1, 0.15) is 0 Å². The van der Waals surface area contributed by atoms with Gasteiger partial charge in [-0.1, -0.05) is 0 Å². The molecule has 0 aliphatic rings. The van der Waals surface area contributed by atoms with Crippen molar-refractivity contribution in [3.8, 4) is 17.1 Å². The molecule has 5 nitrogen and oxygen atoms in total. The fourth-order valence-corrected chi connectivity index (χ4v) is 1.60. The van der Waals surface area contributed by atoms with Crippen molar-refractivity contribution in [1.82, 2.24) is 14.8 Å². The van der Waals surface area contributed by atoms with Crippen LogP contribution in [0.3, 0.4) is 0 Å². The number of aromatic nitrogens is 3. The number of nitrogens with zero attached hydrogens (tertiary/aromatic N) is 3. The summed E-state index contributed by atoms with van der Waals surface area (Å²) in [4.78, 5) is 0. The summed E-state index contributed by atoms with van der Waals surface area (Å²) in [6.45, 7) is 0. The molecular weight excluding hydrogens is 261 g/mol. The van der Waals surface area contributed by atoms with E-state index in [2.05, 4.69) is 20.3 Å². The molecule has 0 saturated heterocycles. The van der Waals surface area contributed by atoms with Crippen molar-refractivity contribution in [2.45, 2.75) is 6.36 Å². The Morgan fingerprint density at radius 2 is 1.79 bits per heavy atom. The molecule has 0 bridgehead atoms. The van der Waals surface area contributed by atoms with E-state index in [1.165, 1.54) is 24.3 Å². The fourth-order valence-electron chi connectivity index (χ4n) is 1.60. The SMILES string of the molecule is CNc1nnc(-c2ccc(OC(F)(F)F)cc2)n1C. The highest BCUT2D eigenvalue weighted by Crippen LogP contribution is 2.26. The third-order valence-electron chi connectivity index (χ3n) is 2.44. The van der Waals surface area contributed by atoms with Crippen molar-refractivity contribution in [2.24, 2.45) is 7.05 Å². The largest absolute Gasteiger partial charge is 0.573 e. The standard InChI is InChI=1S/C11H11F3N4O/c1-15-10-17-16-9(18(10)2)7-3-5-8(6-4-7)19-11(12,13)14/h3-6H,1-2H3,(H,15,17). The first kappa shape index (κ1) is 13.2. The molecule has 0 saturated carbocycles. The predicted octanol–water partition coefficient (Wildman–Crippen LogP) is 2.42. The van der Waals surface area contributed by atoms with E-state index in [4.69, 9.17) is 0 Å². The van der Waals surface area contributed by atoms with Gasteiger partial charge in [-0.15, -0.1) is 23.4 Å². The molecule has 1 aromatic heterocycles. The highest BCUT2D eigenvalue weighted by atomic mass is 19.4. The van der Waals surface area contributed by atoms with E-state index in [1.54, 1.807) is 18.7 Å². The zero-order valence-electron chi connectivity index (χ0n) is 10.2. The van der Waals surface area contributed by atoms with Gasteiger partial charge < -0.3 is 10.1 Å². The Bertz CT molecular complexity index is 562. The van der Waals surface area contributed by atoms with Gasteiger partial charge in [0, 0.05) is 19.7 Å². The van der Waals surface area contributed by atoms with Crippen molar-refractivity contribution < 1.29 is 17.9 Å². The van der Waals surface area contributed by atoms with E-state index in [0.717, 1.165) is 0 Å². The Balaban J connectivity index is 2.25. The van der Waals surface area contributed by atoms with Gasteiger partial charge in [-0.05, 0) is 24.3 Å². The fraction of sp³-hybridized carbons (Fsp3) is 0.273. The molecule has 0 aliphatic heterocycles. The molecule has 2 rings (SSSR count). The summed E-state index contributed by atoms with van der Waals surface area (Å²) in [5.41, 5.74) is 0.644. The summed E-state index contributed by atoms with van der Waals surface area (Å²) in [6.07, 6.45) is -4.69. The van der Waals surface area contributed by atoms with E-state index < -0.39 is 6.36 Å². The second-order valence-corrected chi connectivity index (χ2v) is 3.73. The molecule has 0 aliphatic carbocycles. The molecule has 1 aromatic carbocycles. The van der Waals surface area contributed by atoms with E-state index in [-0.39, 0.29) is 5.75 Å². The number of rotatable bonds is 3. The number of halogens is 3. The molecular formula is C11H11F3N4O. The monoisotopic (exact) mass is 272 g/mol. The highest BCUT2D eigenvalue weighted by Gasteiger charge is 2.31. The molecule has 1 N–H and O–H groups in total. The van der Waals surface area contributed by atoms with Crippen LogP contribution in [0.5, 0.6) is 5.75 Å². The Labute approximate surface area is 107 Å². The molecule has 8 heteroatoms. The van der Waals surface area contributed by atoms with Crippen molar-refractivity contribution in [2.75, 3.05) is 12.4 Å². The molecule has 2 aromatic rings. The quantitative estimate of drug-likeness (QED) is 0.932. The lowest BCUT2D eigenvalue weighted by Crippen LogP contribution is -2.16. The van der Waals surface area contributed by atoms with Crippen molar-refractivity contribution in [3.05, 3.63) is 24.3 Å². The Hall–Kier alpha value is -2.25. The number of hydrogen-bond acceptors (Lipinski definition) is 4. The van der Waals surface area contributed by atoms with E-state index >= 15 is 0 Å². The van der Waals surface area contributed by atoms with Crippen molar-refractivity contribution >= 4 is 5.95 Å². The molecule has 19 heavy (non-hydrogen) atoms. The normalized spacial score (nSPS) is 11.4. The third-order valence-corrected chi connectivity index (χ3v) is 2.44. The molecule has 0 unspecified atom stereocenters. The van der Waals surface area contributed by atoms with Crippen LogP contribution in [0, 0.1) is 0 Å². The lowest BCUT2D eigenvalue weighted by molar-refractivity contribution is -0.274. The first-order valence-electron chi connectivity index (χ1n) is 5.34. The summed E-state index contributed by atoms with van der Waals surface area (Å²) >= 11 is 0. The first-order valence-corrected chi connectivity index (χ1v) is 5.34. The maximum Gasteiger partial charge on any atom is 0.573 e. The minimum absolute atomic E-state index is 0.271. The molecule has 0 radical (unpaired) electrons. The van der Waals surface area contributed by atoms with Gasteiger partial charge in [0.05, 0.1) is 0 Å². The smallest absolute Gasteiger partial charge is 0.406 e. The van der Waals surface area contributed by atoms with Crippen molar-refractivity contribution in [3.63, 3.8) is 0 Å². The van der Waals surface area contributed by atoms with Gasteiger partial charge in [-0.2, -0.15) is 0 Å². The summed E-state index contributed by atoms with van der Waals surface area (Å²) in [7, 11) is 3.45. The summed E-state index contributed by atoms with van der Waals surface area (Å²) in [5, 5.41) is 10.7. The minimum atomic E-state index is -4.69. The number of benzene rings is 1. The molecule has 1 heterocycles. The predicted molar refractivity (Wildman–Crippen MR) is 62.7 cm³/mol. The second-order valence-electron chi connectivity index (χ2n) is 3.73. The van der Waals surface area contributed by atoms with Crippen LogP contribution in [0.4, 0.5) is 19.1 Å². The summed E-state index contributed by atoms with van der Waals surface area (Å²) in [5.74, 6) is 0.834. The molecule has 0 amide bonds. The Morgan fingerprint density at radius 1 is 1.16 bits per heavy atom. The lowest BCUT2D eigenvalue weighted by Gasteiger charge is -2.09. The van der Waals surface area contributed by atoms with Crippen LogP contribution < -0.4 is 10.1 Å². The maximum absolute atomic E-state index is 12.0. The van der Waals surface area contributed by atoms with Crippen LogP contribution in [-0.2, 0) is 7.05 Å². The number of ether oxygens (including phenoxy) is 1. The zero-order valence-corrected chi connectivity index (χ0v) is 10.2. The molecule has 0 atom stereocenters. The topological polar surface area (TPSA) is 52.0 Å². The second kappa shape index (κ2) is 4.79. The van der Waals surface area contributed by atoms with Crippen molar-refractivity contribution in [1.29, 1.82) is 0 Å². The number of hydrogen-bond donors (Lipinski definition) is 1. The Kier molecular flexibility index (Phi) is 3.32. The van der Waals surface area contributed by atoms with E-state index in [9.17, 15) is 13.2 Å². The van der Waals surface area contributed by atoms with Gasteiger partial charge >= 0.3 is 6.36 Å². The third kappa shape index (κ3) is 2.95. The number of nitrogens with one attached hydrogen (secondary N) is 1. The van der Waals surface area contributed by atoms with Crippen LogP contribution in [-0.4, -0.2) is 28.2 Å². The van der Waals surface area contributed by atoms with Crippen LogP contribution in [0.2, 0.25) is 0 Å². The average Bonchev–Trinajstić information content (AvgIpc) is 2.69. The van der Waals surface area contributed by atoms with Gasteiger partial charge in [-0.3, -0.25) is 4.57 Å². The Morgan fingerprint density at radius 3 is 2.26 bits per heavy atom. The molecule has 0 spiro atoms. The van der Waals surface area contributed by atoms with Crippen LogP contribution >= 0.6 is 0 Å².